The first-order valence-corrected chi connectivity index (χ1v) is 14.7. The van der Waals surface area contributed by atoms with Crippen molar-refractivity contribution in [2.45, 2.75) is 44.1 Å². The Morgan fingerprint density at radius 3 is 2.21 bits per heavy atom. The highest BCUT2D eigenvalue weighted by atomic mass is 16.5. The van der Waals surface area contributed by atoms with E-state index in [4.69, 9.17) is 19.9 Å². The third-order valence-corrected chi connectivity index (χ3v) is 7.70. The van der Waals surface area contributed by atoms with Crippen LogP contribution in [0.25, 0.3) is 11.1 Å². The topological polar surface area (TPSA) is 117 Å². The lowest BCUT2D eigenvalue weighted by Gasteiger charge is -2.22. The maximum Gasteiger partial charge on any atom is 0.328 e. The van der Waals surface area contributed by atoms with Gasteiger partial charge in [0.1, 0.15) is 25.0 Å². The first-order valence-electron chi connectivity index (χ1n) is 14.7. The van der Waals surface area contributed by atoms with Crippen LogP contribution in [0.15, 0.2) is 85.5 Å². The molecule has 3 N–H and O–H groups in total. The Morgan fingerprint density at radius 2 is 1.60 bits per heavy atom. The van der Waals surface area contributed by atoms with Gasteiger partial charge in [-0.2, -0.15) is 0 Å². The summed E-state index contributed by atoms with van der Waals surface area (Å²) in [4.78, 5) is 39.2. The molecular weight excluding hydrogens is 544 g/mol. The van der Waals surface area contributed by atoms with Gasteiger partial charge in [-0.05, 0) is 59.3 Å². The van der Waals surface area contributed by atoms with E-state index in [0.717, 1.165) is 34.2 Å². The Hall–Kier alpha value is -4.43. The minimum absolute atomic E-state index is 0.0712. The predicted octanol–water partition coefficient (Wildman–Crippen LogP) is 4.94. The van der Waals surface area contributed by atoms with Crippen molar-refractivity contribution < 1.29 is 28.6 Å². The molecule has 4 rings (SSSR count). The van der Waals surface area contributed by atoms with Crippen LogP contribution in [-0.2, 0) is 30.3 Å². The Labute approximate surface area is 253 Å². The highest BCUT2D eigenvalue weighted by Crippen LogP contribution is 2.44. The maximum atomic E-state index is 13.5. The summed E-state index contributed by atoms with van der Waals surface area (Å²) in [6, 6.07) is 22.6. The fraction of sp³-hybridized carbons (Fsp3) is 0.343. The van der Waals surface area contributed by atoms with E-state index < -0.39 is 29.8 Å². The fourth-order valence-corrected chi connectivity index (χ4v) is 5.47. The second kappa shape index (κ2) is 15.7. The molecule has 0 saturated carbocycles. The monoisotopic (exact) mass is 584 g/mol. The smallest absolute Gasteiger partial charge is 0.328 e. The number of hydrogen-bond acceptors (Lipinski definition) is 7. The van der Waals surface area contributed by atoms with Crippen LogP contribution in [0.5, 0.6) is 5.75 Å². The van der Waals surface area contributed by atoms with Crippen molar-refractivity contribution >= 4 is 17.8 Å². The minimum Gasteiger partial charge on any atom is -0.490 e. The van der Waals surface area contributed by atoms with Crippen LogP contribution in [0.3, 0.4) is 0 Å². The van der Waals surface area contributed by atoms with E-state index in [2.05, 4.69) is 36.2 Å². The van der Waals surface area contributed by atoms with E-state index in [1.165, 1.54) is 7.11 Å². The number of ether oxygens (including phenoxy) is 3. The van der Waals surface area contributed by atoms with E-state index in [1.807, 2.05) is 36.4 Å². The number of amides is 1. The van der Waals surface area contributed by atoms with Gasteiger partial charge in [0.2, 0.25) is 5.91 Å². The number of fused-ring (bicyclic) bond motifs is 3. The maximum absolute atomic E-state index is 13.5. The van der Waals surface area contributed by atoms with E-state index in [9.17, 15) is 14.4 Å². The number of benzene rings is 3. The molecule has 0 fully saturated rings. The largest absolute Gasteiger partial charge is 0.490 e. The van der Waals surface area contributed by atoms with Crippen LogP contribution >= 0.6 is 0 Å². The molecule has 226 valence electrons. The number of methoxy groups -OCH3 is 1. The van der Waals surface area contributed by atoms with Crippen molar-refractivity contribution in [3.8, 4) is 16.9 Å². The van der Waals surface area contributed by atoms with Crippen LogP contribution in [0.1, 0.15) is 48.3 Å². The summed E-state index contributed by atoms with van der Waals surface area (Å²) in [6.07, 6.45) is 3.60. The lowest BCUT2D eigenvalue weighted by Crippen LogP contribution is -2.46. The van der Waals surface area contributed by atoms with E-state index >= 15 is 0 Å². The summed E-state index contributed by atoms with van der Waals surface area (Å²) in [6.45, 7) is 4.69. The molecule has 8 heteroatoms. The summed E-state index contributed by atoms with van der Waals surface area (Å²) in [7, 11) is 1.28. The summed E-state index contributed by atoms with van der Waals surface area (Å²) >= 11 is 0. The Kier molecular flexibility index (Phi) is 11.5. The molecule has 0 radical (unpaired) electrons. The second-order valence-electron chi connectivity index (χ2n) is 10.6. The molecule has 1 aliphatic rings. The Morgan fingerprint density at radius 1 is 0.953 bits per heavy atom. The molecule has 8 nitrogen and oxygen atoms in total. The summed E-state index contributed by atoms with van der Waals surface area (Å²) in [5.74, 6) is -1.50. The Balaban J connectivity index is 1.41. The van der Waals surface area contributed by atoms with Crippen LogP contribution in [0.4, 0.5) is 0 Å². The predicted molar refractivity (Wildman–Crippen MR) is 165 cm³/mol. The molecule has 1 aliphatic carbocycles. The number of esters is 2. The molecule has 0 saturated heterocycles. The normalized spacial score (nSPS) is 13.3. The van der Waals surface area contributed by atoms with Crippen molar-refractivity contribution in [1.82, 2.24) is 5.32 Å². The number of rotatable bonds is 16. The molecule has 2 atom stereocenters. The molecule has 0 spiro atoms. The van der Waals surface area contributed by atoms with Gasteiger partial charge in [-0.3, -0.25) is 9.59 Å². The van der Waals surface area contributed by atoms with Gasteiger partial charge >= 0.3 is 11.9 Å². The van der Waals surface area contributed by atoms with Crippen molar-refractivity contribution in [2.75, 3.05) is 26.9 Å². The SMILES string of the molecule is C=CCOc1ccc(C[C@H](NC(=O)[C@@H](CCCCN)CC(=O)OCC2c3ccccc3-c3ccccc32)C(=O)OC)cc1. The zero-order chi connectivity index (χ0) is 30.6. The summed E-state index contributed by atoms with van der Waals surface area (Å²) < 4.78 is 16.3. The number of carbonyl (C=O) groups is 3. The minimum atomic E-state index is -0.919. The van der Waals surface area contributed by atoms with Gasteiger partial charge < -0.3 is 25.3 Å². The molecule has 0 aliphatic heterocycles. The lowest BCUT2D eigenvalue weighted by atomic mass is 9.95. The molecular formula is C35H40N2O6. The highest BCUT2D eigenvalue weighted by Gasteiger charge is 2.31. The second-order valence-corrected chi connectivity index (χ2v) is 10.6. The van der Waals surface area contributed by atoms with Gasteiger partial charge in [-0.15, -0.1) is 0 Å². The van der Waals surface area contributed by atoms with Gasteiger partial charge in [-0.25, -0.2) is 4.79 Å². The average molecular weight is 585 g/mol. The average Bonchev–Trinajstić information content (AvgIpc) is 3.35. The van der Waals surface area contributed by atoms with Gasteiger partial charge in [0, 0.05) is 18.3 Å². The quantitative estimate of drug-likeness (QED) is 0.139. The van der Waals surface area contributed by atoms with Crippen molar-refractivity contribution in [2.24, 2.45) is 11.7 Å². The molecule has 0 unspecified atom stereocenters. The van der Waals surface area contributed by atoms with E-state index in [-0.39, 0.29) is 25.4 Å². The third kappa shape index (κ3) is 8.32. The number of carbonyl (C=O) groups excluding carboxylic acids is 3. The van der Waals surface area contributed by atoms with Crippen LogP contribution in [0, 0.1) is 5.92 Å². The van der Waals surface area contributed by atoms with Crippen molar-refractivity contribution in [1.29, 1.82) is 0 Å². The number of hydrogen-bond donors (Lipinski definition) is 2. The van der Waals surface area contributed by atoms with Crippen LogP contribution in [0.2, 0.25) is 0 Å². The molecule has 0 aromatic heterocycles. The molecule has 0 heterocycles. The number of unbranched alkanes of at least 4 members (excludes halogenated alkanes) is 1. The summed E-state index contributed by atoms with van der Waals surface area (Å²) in [5, 5.41) is 2.82. The van der Waals surface area contributed by atoms with Crippen LogP contribution in [-0.4, -0.2) is 50.8 Å². The third-order valence-electron chi connectivity index (χ3n) is 7.70. The highest BCUT2D eigenvalue weighted by molar-refractivity contribution is 5.88. The van der Waals surface area contributed by atoms with Gasteiger partial charge in [0.15, 0.2) is 0 Å². The van der Waals surface area contributed by atoms with E-state index in [1.54, 1.807) is 18.2 Å². The lowest BCUT2D eigenvalue weighted by molar-refractivity contribution is -0.148. The first kappa shape index (κ1) is 31.5. The molecule has 1 amide bonds. The van der Waals surface area contributed by atoms with Crippen LogP contribution < -0.4 is 15.8 Å². The summed E-state index contributed by atoms with van der Waals surface area (Å²) in [5.41, 5.74) is 11.0. The number of nitrogens with two attached hydrogens (primary N) is 1. The molecule has 0 bridgehead atoms. The van der Waals surface area contributed by atoms with E-state index in [0.29, 0.717) is 31.7 Å². The number of nitrogens with one attached hydrogen (secondary N) is 1. The molecule has 3 aromatic carbocycles. The first-order chi connectivity index (χ1) is 20.9. The van der Waals surface area contributed by atoms with Gasteiger partial charge in [0.05, 0.1) is 13.5 Å². The zero-order valence-electron chi connectivity index (χ0n) is 24.6. The van der Waals surface area contributed by atoms with Crippen molar-refractivity contribution in [3.05, 3.63) is 102 Å². The van der Waals surface area contributed by atoms with Gasteiger partial charge in [-0.1, -0.05) is 79.7 Å². The molecule has 3 aromatic rings. The van der Waals surface area contributed by atoms with Crippen molar-refractivity contribution in [3.63, 3.8) is 0 Å². The molecule has 43 heavy (non-hydrogen) atoms. The fourth-order valence-electron chi connectivity index (χ4n) is 5.47. The Bertz CT molecular complexity index is 1360. The standard InChI is InChI=1S/C35H40N2O6/c1-3-20-42-26-17-15-24(16-18-26)21-32(35(40)41-2)37-34(39)25(10-8-9-19-36)22-33(38)43-23-31-29-13-6-4-11-27(29)28-12-5-7-14-30(28)31/h3-7,11-18,25,31-32H,1,8-10,19-23,36H2,2H3,(H,37,39)/t25-,32-/m0/s1. The zero-order valence-corrected chi connectivity index (χ0v) is 24.6. The van der Waals surface area contributed by atoms with Gasteiger partial charge in [0.25, 0.3) is 0 Å².